The van der Waals surface area contributed by atoms with Gasteiger partial charge in [0, 0.05) is 11.0 Å². The summed E-state index contributed by atoms with van der Waals surface area (Å²) in [4.78, 5) is 11.3. The number of methoxy groups -OCH3 is 1. The van der Waals surface area contributed by atoms with Gasteiger partial charge in [-0.1, -0.05) is 11.8 Å². The van der Waals surface area contributed by atoms with Gasteiger partial charge in [0.05, 0.1) is 21.8 Å². The Labute approximate surface area is 131 Å². The van der Waals surface area contributed by atoms with E-state index in [2.05, 4.69) is 0 Å². The van der Waals surface area contributed by atoms with Crippen molar-refractivity contribution in [1.82, 2.24) is 0 Å². The minimum Gasteiger partial charge on any atom is -0.497 e. The van der Waals surface area contributed by atoms with E-state index in [1.54, 1.807) is 31.4 Å². The van der Waals surface area contributed by atoms with Crippen LogP contribution >= 0.6 is 11.8 Å². The molecule has 0 spiro atoms. The molecule has 9 heteroatoms. The fourth-order valence-electron chi connectivity index (χ4n) is 1.67. The molecule has 116 valence electrons. The smallest absolute Gasteiger partial charge is 0.284 e. The minimum absolute atomic E-state index is 0.293. The molecule has 0 aliphatic heterocycles. The molecule has 0 aromatic heterocycles. The van der Waals surface area contributed by atoms with E-state index in [0.29, 0.717) is 10.6 Å². The second-order valence-electron chi connectivity index (χ2n) is 4.21. The normalized spacial score (nSPS) is 11.2. The summed E-state index contributed by atoms with van der Waals surface area (Å²) >= 11 is 1.15. The van der Waals surface area contributed by atoms with Crippen LogP contribution in [0.2, 0.25) is 0 Å². The molecule has 0 aliphatic rings. The topological polar surface area (TPSA) is 113 Å². The molecule has 0 atom stereocenters. The number of benzene rings is 2. The number of nitrogens with two attached hydrogens (primary N) is 1. The molecule has 0 saturated carbocycles. The Kier molecular flexibility index (Phi) is 4.69. The van der Waals surface area contributed by atoms with Gasteiger partial charge in [-0.2, -0.15) is 0 Å². The van der Waals surface area contributed by atoms with E-state index in [4.69, 9.17) is 9.88 Å². The van der Waals surface area contributed by atoms with Crippen molar-refractivity contribution in [3.63, 3.8) is 0 Å². The van der Waals surface area contributed by atoms with Crippen LogP contribution in [0.5, 0.6) is 5.75 Å². The van der Waals surface area contributed by atoms with Crippen molar-refractivity contribution in [2.45, 2.75) is 14.7 Å². The molecular weight excluding hydrogens is 328 g/mol. The molecule has 0 aliphatic carbocycles. The standard InChI is InChI=1S/C13H12N2O5S2/c1-20-9-2-4-10(5-3-9)21-13-7-6-11(22(14,18)19)8-12(13)15(16)17/h2-8H,1H3,(H2,14,18,19). The number of nitro benzene ring substituents is 1. The van der Waals surface area contributed by atoms with Crippen molar-refractivity contribution < 1.29 is 18.1 Å². The summed E-state index contributed by atoms with van der Waals surface area (Å²) in [6.45, 7) is 0. The highest BCUT2D eigenvalue weighted by atomic mass is 32.2. The predicted molar refractivity (Wildman–Crippen MR) is 81.6 cm³/mol. The molecule has 0 amide bonds. The highest BCUT2D eigenvalue weighted by Gasteiger charge is 2.19. The highest BCUT2D eigenvalue weighted by Crippen LogP contribution is 2.36. The molecule has 0 unspecified atom stereocenters. The van der Waals surface area contributed by atoms with Crippen LogP contribution in [-0.4, -0.2) is 20.5 Å². The van der Waals surface area contributed by atoms with E-state index in [1.807, 2.05) is 0 Å². The number of nitro groups is 1. The largest absolute Gasteiger partial charge is 0.497 e. The summed E-state index contributed by atoms with van der Waals surface area (Å²) in [5.41, 5.74) is -0.313. The Balaban J connectivity index is 2.39. The summed E-state index contributed by atoms with van der Waals surface area (Å²) in [5.74, 6) is 0.670. The van der Waals surface area contributed by atoms with Crippen LogP contribution in [0.1, 0.15) is 0 Å². The fraction of sp³-hybridized carbons (Fsp3) is 0.0769. The first-order chi connectivity index (χ1) is 10.3. The van der Waals surface area contributed by atoms with Crippen molar-refractivity contribution in [2.24, 2.45) is 5.14 Å². The number of rotatable bonds is 5. The SMILES string of the molecule is COc1ccc(Sc2ccc(S(N)(=O)=O)cc2[N+](=O)[O-])cc1. The Morgan fingerprint density at radius 3 is 2.32 bits per heavy atom. The van der Waals surface area contributed by atoms with Crippen LogP contribution in [0.25, 0.3) is 0 Å². The monoisotopic (exact) mass is 340 g/mol. The zero-order valence-corrected chi connectivity index (χ0v) is 13.1. The van der Waals surface area contributed by atoms with Crippen LogP contribution < -0.4 is 9.88 Å². The van der Waals surface area contributed by atoms with Crippen molar-refractivity contribution in [2.75, 3.05) is 7.11 Å². The molecule has 0 radical (unpaired) electrons. The summed E-state index contributed by atoms with van der Waals surface area (Å²) in [5, 5.41) is 16.1. The van der Waals surface area contributed by atoms with Crippen molar-refractivity contribution in [1.29, 1.82) is 0 Å². The third-order valence-electron chi connectivity index (χ3n) is 2.74. The van der Waals surface area contributed by atoms with Gasteiger partial charge in [-0.05, 0) is 36.4 Å². The van der Waals surface area contributed by atoms with Gasteiger partial charge in [-0.3, -0.25) is 10.1 Å². The third-order valence-corrected chi connectivity index (χ3v) is 4.73. The van der Waals surface area contributed by atoms with Crippen molar-refractivity contribution in [3.8, 4) is 5.75 Å². The molecule has 0 saturated heterocycles. The Morgan fingerprint density at radius 1 is 1.18 bits per heavy atom. The lowest BCUT2D eigenvalue weighted by Crippen LogP contribution is -2.12. The Bertz CT molecular complexity index is 804. The van der Waals surface area contributed by atoms with Gasteiger partial charge in [0.2, 0.25) is 10.0 Å². The van der Waals surface area contributed by atoms with Crippen molar-refractivity contribution in [3.05, 3.63) is 52.6 Å². The third kappa shape index (κ3) is 3.75. The van der Waals surface area contributed by atoms with Gasteiger partial charge in [-0.25, -0.2) is 13.6 Å². The van der Waals surface area contributed by atoms with Gasteiger partial charge in [0.15, 0.2) is 0 Å². The minimum atomic E-state index is -3.99. The molecule has 2 aromatic carbocycles. The molecule has 0 bridgehead atoms. The van der Waals surface area contributed by atoms with E-state index in [1.165, 1.54) is 12.1 Å². The molecule has 7 nitrogen and oxygen atoms in total. The maximum absolute atomic E-state index is 11.3. The Hall–Kier alpha value is -2.10. The van der Waals surface area contributed by atoms with Gasteiger partial charge in [0.1, 0.15) is 5.75 Å². The van der Waals surface area contributed by atoms with Gasteiger partial charge in [-0.15, -0.1) is 0 Å². The van der Waals surface area contributed by atoms with E-state index in [0.717, 1.165) is 22.7 Å². The molecule has 2 aromatic rings. The van der Waals surface area contributed by atoms with E-state index in [9.17, 15) is 18.5 Å². The van der Waals surface area contributed by atoms with E-state index >= 15 is 0 Å². The van der Waals surface area contributed by atoms with Gasteiger partial charge in [0.25, 0.3) is 5.69 Å². The highest BCUT2D eigenvalue weighted by molar-refractivity contribution is 7.99. The number of sulfonamides is 1. The summed E-state index contributed by atoms with van der Waals surface area (Å²) < 4.78 is 27.6. The average molecular weight is 340 g/mol. The lowest BCUT2D eigenvalue weighted by atomic mass is 10.3. The van der Waals surface area contributed by atoms with E-state index < -0.39 is 14.9 Å². The number of ether oxygens (including phenoxy) is 1. The summed E-state index contributed by atoms with van der Waals surface area (Å²) in [6.07, 6.45) is 0. The predicted octanol–water partition coefficient (Wildman–Crippen LogP) is 2.40. The number of nitrogens with zero attached hydrogens (tertiary/aromatic N) is 1. The average Bonchev–Trinajstić information content (AvgIpc) is 2.47. The van der Waals surface area contributed by atoms with Crippen LogP contribution in [-0.2, 0) is 10.0 Å². The maximum Gasteiger partial charge on any atom is 0.284 e. The summed E-state index contributed by atoms with van der Waals surface area (Å²) in [6, 6.07) is 10.5. The number of primary sulfonamides is 1. The molecule has 0 fully saturated rings. The maximum atomic E-state index is 11.3. The molecule has 0 heterocycles. The van der Waals surface area contributed by atoms with Crippen LogP contribution in [0.15, 0.2) is 57.2 Å². The van der Waals surface area contributed by atoms with E-state index in [-0.39, 0.29) is 10.6 Å². The second kappa shape index (κ2) is 6.34. The second-order valence-corrected chi connectivity index (χ2v) is 6.89. The number of hydrogen-bond donors (Lipinski definition) is 1. The molecule has 22 heavy (non-hydrogen) atoms. The molecule has 2 N–H and O–H groups in total. The molecular formula is C13H12N2O5S2. The lowest BCUT2D eigenvalue weighted by Gasteiger charge is -2.06. The zero-order valence-electron chi connectivity index (χ0n) is 11.4. The quantitative estimate of drug-likeness (QED) is 0.660. The van der Waals surface area contributed by atoms with Gasteiger partial charge < -0.3 is 4.74 Å². The molecule has 2 rings (SSSR count). The first kappa shape index (κ1) is 16.3. The lowest BCUT2D eigenvalue weighted by molar-refractivity contribution is -0.388. The fourth-order valence-corrected chi connectivity index (χ4v) is 3.11. The Morgan fingerprint density at radius 2 is 1.82 bits per heavy atom. The zero-order chi connectivity index (χ0) is 16.3. The van der Waals surface area contributed by atoms with Crippen LogP contribution in [0.4, 0.5) is 5.69 Å². The summed E-state index contributed by atoms with van der Waals surface area (Å²) in [7, 11) is -2.45. The first-order valence-electron chi connectivity index (χ1n) is 5.94. The number of hydrogen-bond acceptors (Lipinski definition) is 6. The van der Waals surface area contributed by atoms with Crippen LogP contribution in [0, 0.1) is 10.1 Å². The first-order valence-corrected chi connectivity index (χ1v) is 8.30. The van der Waals surface area contributed by atoms with Crippen LogP contribution in [0.3, 0.4) is 0 Å². The van der Waals surface area contributed by atoms with Gasteiger partial charge >= 0.3 is 0 Å². The van der Waals surface area contributed by atoms with Crippen molar-refractivity contribution >= 4 is 27.5 Å².